The van der Waals surface area contributed by atoms with Gasteiger partial charge >= 0.3 is 5.97 Å². The second kappa shape index (κ2) is 6.03. The Kier molecular flexibility index (Phi) is 4.39. The number of anilines is 1. The highest BCUT2D eigenvalue weighted by Gasteiger charge is 2.25. The average molecular weight is 288 g/mol. The third-order valence-corrected chi connectivity index (χ3v) is 3.18. The van der Waals surface area contributed by atoms with Crippen LogP contribution >= 0.6 is 11.6 Å². The summed E-state index contributed by atoms with van der Waals surface area (Å²) >= 11 is 5.93. The van der Waals surface area contributed by atoms with Crippen molar-refractivity contribution in [2.45, 2.75) is 12.5 Å². The topological polar surface area (TPSA) is 84.5 Å². The molecule has 1 saturated heterocycles. The molecular formula is C11H14ClN3O4. The number of hydrogen-bond acceptors (Lipinski definition) is 6. The van der Waals surface area contributed by atoms with E-state index in [2.05, 4.69) is 14.7 Å². The maximum atomic E-state index is 11.4. The fraction of sp³-hybridized carbons (Fsp3) is 0.545. The first-order valence-corrected chi connectivity index (χ1v) is 6.16. The molecule has 0 bridgehead atoms. The minimum atomic E-state index is -0.386. The minimum Gasteiger partial charge on any atom is -0.469 e. The highest BCUT2D eigenvalue weighted by molar-refractivity contribution is 6.32. The number of aromatic nitrogens is 2. The predicted octanol–water partition coefficient (Wildman–Crippen LogP) is 0.192. The quantitative estimate of drug-likeness (QED) is 0.799. The number of carbonyl (C=O) groups excluding carboxylic acids is 1. The summed E-state index contributed by atoms with van der Waals surface area (Å²) in [6.07, 6.45) is 1.17. The predicted molar refractivity (Wildman–Crippen MR) is 68.5 cm³/mol. The third kappa shape index (κ3) is 3.24. The number of aromatic amines is 1. The smallest absolute Gasteiger partial charge is 0.308 e. The zero-order valence-corrected chi connectivity index (χ0v) is 11.1. The number of nitrogens with zero attached hydrogens (tertiary/aromatic N) is 2. The molecule has 0 aromatic carbocycles. The molecule has 8 heteroatoms. The van der Waals surface area contributed by atoms with Crippen LogP contribution in [0.1, 0.15) is 6.42 Å². The van der Waals surface area contributed by atoms with Crippen LogP contribution in [0.5, 0.6) is 0 Å². The molecule has 0 spiro atoms. The molecule has 1 aliphatic heterocycles. The molecule has 2 rings (SSSR count). The van der Waals surface area contributed by atoms with E-state index >= 15 is 0 Å². The molecule has 19 heavy (non-hydrogen) atoms. The zero-order valence-electron chi connectivity index (χ0n) is 10.4. The molecule has 1 aromatic heterocycles. The van der Waals surface area contributed by atoms with Gasteiger partial charge in [-0.1, -0.05) is 11.6 Å². The van der Waals surface area contributed by atoms with Crippen molar-refractivity contribution in [3.05, 3.63) is 21.7 Å². The van der Waals surface area contributed by atoms with Gasteiger partial charge in [0.25, 0.3) is 5.56 Å². The first-order chi connectivity index (χ1) is 9.11. The van der Waals surface area contributed by atoms with Crippen molar-refractivity contribution in [3.8, 4) is 0 Å². The number of esters is 1. The molecule has 1 aliphatic rings. The van der Waals surface area contributed by atoms with Crippen LogP contribution in [0.2, 0.25) is 5.02 Å². The Hall–Kier alpha value is -1.60. The number of morpholine rings is 1. The molecule has 104 valence electrons. The van der Waals surface area contributed by atoms with E-state index in [0.29, 0.717) is 25.5 Å². The normalized spacial score (nSPS) is 19.3. The number of carbonyl (C=O) groups is 1. The molecule has 0 radical (unpaired) electrons. The van der Waals surface area contributed by atoms with E-state index in [9.17, 15) is 9.59 Å². The number of hydrogen-bond donors (Lipinski definition) is 1. The second-order valence-corrected chi connectivity index (χ2v) is 4.47. The number of ether oxygens (including phenoxy) is 2. The van der Waals surface area contributed by atoms with E-state index in [-0.39, 0.29) is 29.1 Å². The Labute approximate surface area is 114 Å². The van der Waals surface area contributed by atoms with E-state index in [0.717, 1.165) is 0 Å². The van der Waals surface area contributed by atoms with E-state index in [4.69, 9.17) is 16.3 Å². The largest absolute Gasteiger partial charge is 0.469 e. The van der Waals surface area contributed by atoms with Gasteiger partial charge in [-0.2, -0.15) is 0 Å². The minimum absolute atomic E-state index is 0.0428. The zero-order chi connectivity index (χ0) is 13.8. The lowest BCUT2D eigenvalue weighted by atomic mass is 10.2. The van der Waals surface area contributed by atoms with Gasteiger partial charge in [-0.15, -0.1) is 0 Å². The van der Waals surface area contributed by atoms with Crippen LogP contribution < -0.4 is 10.5 Å². The van der Waals surface area contributed by atoms with Crippen molar-refractivity contribution in [2.75, 3.05) is 31.7 Å². The van der Waals surface area contributed by atoms with Crippen LogP contribution in [-0.4, -0.2) is 48.8 Å². The summed E-state index contributed by atoms with van der Waals surface area (Å²) in [4.78, 5) is 30.9. The van der Waals surface area contributed by atoms with Crippen molar-refractivity contribution >= 4 is 23.4 Å². The summed E-state index contributed by atoms with van der Waals surface area (Å²) < 4.78 is 10.1. The SMILES string of the molecule is COC(=O)CC1CN(c2nc[nH]c(=O)c2Cl)CCO1. The summed E-state index contributed by atoms with van der Waals surface area (Å²) in [6.45, 7) is 1.44. The van der Waals surface area contributed by atoms with Crippen LogP contribution in [0.15, 0.2) is 11.1 Å². The molecule has 0 saturated carbocycles. The summed E-state index contributed by atoms with van der Waals surface area (Å²) in [5.74, 6) is 0.0698. The molecule has 0 aliphatic carbocycles. The summed E-state index contributed by atoms with van der Waals surface area (Å²) in [5, 5.41) is 0.0428. The number of rotatable bonds is 3. The fourth-order valence-electron chi connectivity index (χ4n) is 1.90. The number of nitrogens with one attached hydrogen (secondary N) is 1. The summed E-state index contributed by atoms with van der Waals surface area (Å²) in [7, 11) is 1.33. The van der Waals surface area contributed by atoms with E-state index < -0.39 is 0 Å². The Bertz CT molecular complexity index is 519. The molecule has 2 heterocycles. The van der Waals surface area contributed by atoms with Crippen LogP contribution in [0, 0.1) is 0 Å². The lowest BCUT2D eigenvalue weighted by molar-refractivity contribution is -0.144. The van der Waals surface area contributed by atoms with Crippen molar-refractivity contribution in [3.63, 3.8) is 0 Å². The molecule has 1 aromatic rings. The van der Waals surface area contributed by atoms with Crippen LogP contribution in [0.25, 0.3) is 0 Å². The molecule has 7 nitrogen and oxygen atoms in total. The van der Waals surface area contributed by atoms with Crippen LogP contribution in [0.4, 0.5) is 5.82 Å². The van der Waals surface area contributed by atoms with Gasteiger partial charge < -0.3 is 19.4 Å². The van der Waals surface area contributed by atoms with Gasteiger partial charge in [-0.3, -0.25) is 9.59 Å². The Morgan fingerprint density at radius 3 is 3.26 bits per heavy atom. The Balaban J connectivity index is 2.11. The van der Waals surface area contributed by atoms with Gasteiger partial charge in [-0.05, 0) is 0 Å². The maximum absolute atomic E-state index is 11.4. The van der Waals surface area contributed by atoms with Crippen molar-refractivity contribution in [2.24, 2.45) is 0 Å². The first-order valence-electron chi connectivity index (χ1n) is 5.78. The Morgan fingerprint density at radius 2 is 2.53 bits per heavy atom. The standard InChI is InChI=1S/C11H14ClN3O4/c1-18-8(16)4-7-5-15(2-3-19-7)10-9(12)11(17)14-6-13-10/h6-7H,2-5H2,1H3,(H,13,14,17). The molecule has 0 amide bonds. The number of methoxy groups -OCH3 is 1. The van der Waals surface area contributed by atoms with Crippen molar-refractivity contribution in [1.29, 1.82) is 0 Å². The molecule has 1 N–H and O–H groups in total. The number of H-pyrrole nitrogens is 1. The average Bonchev–Trinajstić information content (AvgIpc) is 2.42. The lowest BCUT2D eigenvalue weighted by Crippen LogP contribution is -2.44. The second-order valence-electron chi connectivity index (χ2n) is 4.09. The monoisotopic (exact) mass is 287 g/mol. The number of halogens is 1. The lowest BCUT2D eigenvalue weighted by Gasteiger charge is -2.33. The van der Waals surface area contributed by atoms with Crippen molar-refractivity contribution < 1.29 is 14.3 Å². The molecule has 1 atom stereocenters. The first kappa shape index (κ1) is 13.8. The van der Waals surface area contributed by atoms with Gasteiger partial charge in [-0.25, -0.2) is 4.98 Å². The van der Waals surface area contributed by atoms with E-state index in [1.54, 1.807) is 0 Å². The fourth-order valence-corrected chi connectivity index (χ4v) is 2.12. The summed E-state index contributed by atoms with van der Waals surface area (Å²) in [6, 6.07) is 0. The molecule has 1 unspecified atom stereocenters. The third-order valence-electron chi connectivity index (χ3n) is 2.84. The highest BCUT2D eigenvalue weighted by Crippen LogP contribution is 2.21. The van der Waals surface area contributed by atoms with Gasteiger partial charge in [0.15, 0.2) is 5.82 Å². The van der Waals surface area contributed by atoms with Crippen molar-refractivity contribution in [1.82, 2.24) is 9.97 Å². The van der Waals surface area contributed by atoms with Gasteiger partial charge in [0.2, 0.25) is 0 Å². The maximum Gasteiger partial charge on any atom is 0.308 e. The van der Waals surface area contributed by atoms with Crippen LogP contribution in [-0.2, 0) is 14.3 Å². The summed E-state index contributed by atoms with van der Waals surface area (Å²) in [5.41, 5.74) is -0.386. The Morgan fingerprint density at radius 1 is 1.74 bits per heavy atom. The molecule has 1 fully saturated rings. The van der Waals surface area contributed by atoms with Gasteiger partial charge in [0.05, 0.1) is 32.6 Å². The van der Waals surface area contributed by atoms with Gasteiger partial charge in [0, 0.05) is 13.1 Å². The van der Waals surface area contributed by atoms with E-state index in [1.807, 2.05) is 4.90 Å². The highest BCUT2D eigenvalue weighted by atomic mass is 35.5. The molecular weight excluding hydrogens is 274 g/mol. The van der Waals surface area contributed by atoms with Crippen LogP contribution in [0.3, 0.4) is 0 Å². The van der Waals surface area contributed by atoms with E-state index in [1.165, 1.54) is 13.4 Å². The van der Waals surface area contributed by atoms with Gasteiger partial charge in [0.1, 0.15) is 5.02 Å².